The molecule has 0 atom stereocenters. The van der Waals surface area contributed by atoms with E-state index in [0.717, 1.165) is 12.3 Å². The average Bonchev–Trinajstić information content (AvgIpc) is 2.22. The van der Waals surface area contributed by atoms with Gasteiger partial charge in [0.05, 0.1) is 12.2 Å². The first-order valence-corrected chi connectivity index (χ1v) is 5.64. The van der Waals surface area contributed by atoms with Crippen molar-refractivity contribution in [1.82, 2.24) is 4.98 Å². The van der Waals surface area contributed by atoms with Crippen LogP contribution in [-0.2, 0) is 0 Å². The molecular formula is C12H16N2O2. The van der Waals surface area contributed by atoms with Gasteiger partial charge < -0.3 is 10.5 Å². The quantitative estimate of drug-likeness (QED) is 0.822. The summed E-state index contributed by atoms with van der Waals surface area (Å²) in [6, 6.07) is 1.68. The first kappa shape index (κ1) is 10.9. The van der Waals surface area contributed by atoms with Crippen molar-refractivity contribution in [2.45, 2.75) is 25.7 Å². The lowest BCUT2D eigenvalue weighted by molar-refractivity contribution is 0.0995. The number of aromatic nitrogens is 1. The second-order valence-electron chi connectivity index (χ2n) is 4.17. The fourth-order valence-electron chi connectivity index (χ4n) is 1.81. The second-order valence-corrected chi connectivity index (χ2v) is 4.17. The topological polar surface area (TPSA) is 65.2 Å². The molecule has 16 heavy (non-hydrogen) atoms. The van der Waals surface area contributed by atoms with Gasteiger partial charge in [0.2, 0.25) is 0 Å². The predicted octanol–water partition coefficient (Wildman–Crippen LogP) is 1.75. The SMILES string of the molecule is NC(=O)c1cnccc1OCCC1CCC1. The van der Waals surface area contributed by atoms with Crippen LogP contribution in [0.2, 0.25) is 0 Å². The molecule has 2 rings (SSSR count). The van der Waals surface area contributed by atoms with Crippen molar-refractivity contribution in [3.63, 3.8) is 0 Å². The number of carbonyl (C=O) groups is 1. The van der Waals surface area contributed by atoms with Crippen molar-refractivity contribution in [2.75, 3.05) is 6.61 Å². The lowest BCUT2D eigenvalue weighted by atomic mass is 9.83. The molecule has 0 bridgehead atoms. The normalized spacial score (nSPS) is 15.5. The van der Waals surface area contributed by atoms with Crippen LogP contribution in [0.1, 0.15) is 36.0 Å². The van der Waals surface area contributed by atoms with Crippen LogP contribution >= 0.6 is 0 Å². The van der Waals surface area contributed by atoms with Crippen molar-refractivity contribution >= 4 is 5.91 Å². The largest absolute Gasteiger partial charge is 0.493 e. The maximum atomic E-state index is 11.1. The van der Waals surface area contributed by atoms with E-state index in [1.807, 2.05) is 0 Å². The van der Waals surface area contributed by atoms with Crippen LogP contribution in [0.5, 0.6) is 5.75 Å². The van der Waals surface area contributed by atoms with E-state index in [9.17, 15) is 4.79 Å². The summed E-state index contributed by atoms with van der Waals surface area (Å²) in [4.78, 5) is 14.9. The summed E-state index contributed by atoms with van der Waals surface area (Å²) >= 11 is 0. The summed E-state index contributed by atoms with van der Waals surface area (Å²) in [6.07, 6.45) is 8.06. The number of ether oxygens (including phenoxy) is 1. The zero-order chi connectivity index (χ0) is 11.4. The first-order chi connectivity index (χ1) is 7.77. The van der Waals surface area contributed by atoms with Crippen molar-refractivity contribution in [2.24, 2.45) is 11.7 Å². The average molecular weight is 220 g/mol. The Kier molecular flexibility index (Phi) is 3.39. The van der Waals surface area contributed by atoms with Gasteiger partial charge in [0.25, 0.3) is 5.91 Å². The smallest absolute Gasteiger partial charge is 0.254 e. The van der Waals surface area contributed by atoms with Gasteiger partial charge in [0.15, 0.2) is 0 Å². The number of amides is 1. The van der Waals surface area contributed by atoms with Crippen LogP contribution in [0, 0.1) is 5.92 Å². The van der Waals surface area contributed by atoms with Crippen LogP contribution < -0.4 is 10.5 Å². The number of rotatable bonds is 5. The van der Waals surface area contributed by atoms with Crippen LogP contribution in [0.15, 0.2) is 18.5 Å². The summed E-state index contributed by atoms with van der Waals surface area (Å²) in [7, 11) is 0. The Balaban J connectivity index is 1.89. The highest BCUT2D eigenvalue weighted by molar-refractivity contribution is 5.95. The zero-order valence-electron chi connectivity index (χ0n) is 9.19. The van der Waals surface area contributed by atoms with E-state index >= 15 is 0 Å². The molecule has 0 spiro atoms. The van der Waals surface area contributed by atoms with Gasteiger partial charge in [-0.15, -0.1) is 0 Å². The van der Waals surface area contributed by atoms with E-state index in [1.54, 1.807) is 12.3 Å². The third kappa shape index (κ3) is 2.51. The van der Waals surface area contributed by atoms with E-state index in [-0.39, 0.29) is 0 Å². The Morgan fingerprint density at radius 2 is 2.38 bits per heavy atom. The number of hydrogen-bond acceptors (Lipinski definition) is 3. The number of nitrogens with zero attached hydrogens (tertiary/aromatic N) is 1. The Hall–Kier alpha value is -1.58. The summed E-state index contributed by atoms with van der Waals surface area (Å²) in [6.45, 7) is 0.648. The lowest BCUT2D eigenvalue weighted by Gasteiger charge is -2.25. The molecule has 4 heteroatoms. The van der Waals surface area contributed by atoms with Gasteiger partial charge in [-0.1, -0.05) is 19.3 Å². The van der Waals surface area contributed by atoms with Gasteiger partial charge in [0, 0.05) is 12.4 Å². The van der Waals surface area contributed by atoms with Crippen molar-refractivity contribution in [3.05, 3.63) is 24.0 Å². The maximum absolute atomic E-state index is 11.1. The lowest BCUT2D eigenvalue weighted by Crippen LogP contribution is -2.17. The van der Waals surface area contributed by atoms with E-state index in [1.165, 1.54) is 25.5 Å². The third-order valence-corrected chi connectivity index (χ3v) is 3.05. The number of hydrogen-bond donors (Lipinski definition) is 1. The molecule has 1 amide bonds. The molecule has 1 aliphatic rings. The van der Waals surface area contributed by atoms with E-state index < -0.39 is 5.91 Å². The number of carbonyl (C=O) groups excluding carboxylic acids is 1. The second kappa shape index (κ2) is 4.96. The van der Waals surface area contributed by atoms with Crippen LogP contribution in [0.4, 0.5) is 0 Å². The summed E-state index contributed by atoms with van der Waals surface area (Å²) in [5.41, 5.74) is 5.58. The van der Waals surface area contributed by atoms with Gasteiger partial charge in [0.1, 0.15) is 5.75 Å². The standard InChI is InChI=1S/C12H16N2O2/c13-12(15)10-8-14-6-4-11(10)16-7-5-9-2-1-3-9/h4,6,8-9H,1-3,5,7H2,(H2,13,15). The van der Waals surface area contributed by atoms with Gasteiger partial charge >= 0.3 is 0 Å². The Morgan fingerprint density at radius 1 is 1.56 bits per heavy atom. The fraction of sp³-hybridized carbons (Fsp3) is 0.500. The highest BCUT2D eigenvalue weighted by Gasteiger charge is 2.17. The molecule has 1 saturated carbocycles. The molecule has 86 valence electrons. The van der Waals surface area contributed by atoms with Gasteiger partial charge in [-0.05, 0) is 18.4 Å². The van der Waals surface area contributed by atoms with Gasteiger partial charge in [-0.25, -0.2) is 0 Å². The van der Waals surface area contributed by atoms with E-state index in [2.05, 4.69) is 4.98 Å². The molecule has 0 saturated heterocycles. The number of primary amides is 1. The van der Waals surface area contributed by atoms with Crippen molar-refractivity contribution < 1.29 is 9.53 Å². The van der Waals surface area contributed by atoms with Crippen molar-refractivity contribution in [1.29, 1.82) is 0 Å². The molecule has 0 unspecified atom stereocenters. The maximum Gasteiger partial charge on any atom is 0.254 e. The molecule has 0 aromatic carbocycles. The molecule has 4 nitrogen and oxygen atoms in total. The van der Waals surface area contributed by atoms with Gasteiger partial charge in [-0.2, -0.15) is 0 Å². The third-order valence-electron chi connectivity index (χ3n) is 3.05. The molecular weight excluding hydrogens is 204 g/mol. The molecule has 1 aliphatic carbocycles. The highest BCUT2D eigenvalue weighted by atomic mass is 16.5. The molecule has 1 heterocycles. The minimum absolute atomic E-state index is 0.358. The molecule has 0 radical (unpaired) electrons. The molecule has 1 aromatic rings. The number of pyridine rings is 1. The first-order valence-electron chi connectivity index (χ1n) is 5.64. The van der Waals surface area contributed by atoms with E-state index in [4.69, 9.17) is 10.5 Å². The van der Waals surface area contributed by atoms with Crippen molar-refractivity contribution in [3.8, 4) is 5.75 Å². The Labute approximate surface area is 94.8 Å². The molecule has 1 fully saturated rings. The Morgan fingerprint density at radius 3 is 3.00 bits per heavy atom. The zero-order valence-corrected chi connectivity index (χ0v) is 9.19. The van der Waals surface area contributed by atoms with Crippen LogP contribution in [0.25, 0.3) is 0 Å². The minimum atomic E-state index is -0.494. The minimum Gasteiger partial charge on any atom is -0.493 e. The summed E-state index contributed by atoms with van der Waals surface area (Å²) in [5.74, 6) is 0.854. The molecule has 1 aromatic heterocycles. The van der Waals surface area contributed by atoms with Gasteiger partial charge in [-0.3, -0.25) is 9.78 Å². The summed E-state index contributed by atoms with van der Waals surface area (Å²) in [5, 5.41) is 0. The Bertz CT molecular complexity index is 375. The monoisotopic (exact) mass is 220 g/mol. The highest BCUT2D eigenvalue weighted by Crippen LogP contribution is 2.29. The number of nitrogens with two attached hydrogens (primary N) is 1. The molecule has 0 aliphatic heterocycles. The van der Waals surface area contributed by atoms with Crippen LogP contribution in [-0.4, -0.2) is 17.5 Å². The van der Waals surface area contributed by atoms with E-state index in [0.29, 0.717) is 17.9 Å². The van der Waals surface area contributed by atoms with Crippen LogP contribution in [0.3, 0.4) is 0 Å². The molecule has 2 N–H and O–H groups in total. The fourth-order valence-corrected chi connectivity index (χ4v) is 1.81. The predicted molar refractivity (Wildman–Crippen MR) is 60.2 cm³/mol. The summed E-state index contributed by atoms with van der Waals surface area (Å²) < 4.78 is 5.56.